The third-order valence-corrected chi connectivity index (χ3v) is 0.635. The molecule has 3 heteroatoms. The summed E-state index contributed by atoms with van der Waals surface area (Å²) >= 11 is 0. The van der Waals surface area contributed by atoms with E-state index in [0.717, 1.165) is 0 Å². The molecule has 0 atom stereocenters. The van der Waals surface area contributed by atoms with Crippen molar-refractivity contribution in [1.82, 2.24) is 0 Å². The molecular weight excluding hydrogens is 85.7 g/mol. The van der Waals surface area contributed by atoms with Crippen LogP contribution in [-0.2, 0) is 4.79 Å². The van der Waals surface area contributed by atoms with Gasteiger partial charge in [0.15, 0.2) is 7.85 Å². The average molecular weight is 91.7 g/mol. The van der Waals surface area contributed by atoms with Crippen molar-refractivity contribution in [3.8, 4) is 0 Å². The topological polar surface area (TPSA) is 17.1 Å². The standard InChI is InChI=1S/C4H6B2O/c1-4(2,6)3(5)7/h1-2H3. The molecule has 34 valence electrons. The first kappa shape index (κ1) is 6.80. The Labute approximate surface area is 46.3 Å². The fourth-order valence-corrected chi connectivity index (χ4v) is 0. The molecule has 4 radical (unpaired) electrons. The van der Waals surface area contributed by atoms with Crippen molar-refractivity contribution < 1.29 is 4.79 Å². The Hall–Kier alpha value is -0.200. The summed E-state index contributed by atoms with van der Waals surface area (Å²) in [5.41, 5.74) is -0.479. The molecule has 0 aliphatic heterocycles. The first-order valence-corrected chi connectivity index (χ1v) is 2.03. The monoisotopic (exact) mass is 92.1 g/mol. The lowest BCUT2D eigenvalue weighted by Crippen LogP contribution is -2.16. The van der Waals surface area contributed by atoms with Crippen molar-refractivity contribution in [3.63, 3.8) is 0 Å². The summed E-state index contributed by atoms with van der Waals surface area (Å²) in [6.07, 6.45) is 0. The molecule has 7 heavy (non-hydrogen) atoms. The second-order valence-corrected chi connectivity index (χ2v) is 2.09. The highest BCUT2D eigenvalue weighted by atomic mass is 16.1. The summed E-state index contributed by atoms with van der Waals surface area (Å²) in [6.45, 7) is 3.13. The smallest absolute Gasteiger partial charge is 0.167 e. The zero-order valence-corrected chi connectivity index (χ0v) is 4.56. The van der Waals surface area contributed by atoms with Crippen LogP contribution in [0.25, 0.3) is 0 Å². The van der Waals surface area contributed by atoms with Gasteiger partial charge in [0, 0.05) is 0 Å². The predicted octanol–water partition coefficient (Wildman–Crippen LogP) is 0.0485. The third kappa shape index (κ3) is 2.49. The van der Waals surface area contributed by atoms with E-state index in [-0.39, 0.29) is 0 Å². The fourth-order valence-electron chi connectivity index (χ4n) is 0. The number of carbonyl (C=O) groups excluding carboxylic acids is 1. The molecule has 0 aliphatic carbocycles. The van der Waals surface area contributed by atoms with Crippen LogP contribution in [0.2, 0.25) is 5.31 Å². The Morgan fingerprint density at radius 1 is 1.57 bits per heavy atom. The number of hydrogen-bond acceptors (Lipinski definition) is 1. The Balaban J connectivity index is 3.79. The van der Waals surface area contributed by atoms with Gasteiger partial charge in [0.2, 0.25) is 0 Å². The zero-order chi connectivity index (χ0) is 6.08. The molecule has 0 aromatic carbocycles. The number of rotatable bonds is 1. The summed E-state index contributed by atoms with van der Waals surface area (Å²) in [5, 5.41) is -0.861. The summed E-state index contributed by atoms with van der Waals surface area (Å²) in [4.78, 5) is 10.1. The van der Waals surface area contributed by atoms with Crippen LogP contribution in [0.15, 0.2) is 0 Å². The van der Waals surface area contributed by atoms with E-state index in [1.54, 1.807) is 13.8 Å². The van der Waals surface area contributed by atoms with E-state index in [1.165, 1.54) is 0 Å². The Morgan fingerprint density at radius 2 is 1.71 bits per heavy atom. The molecule has 0 aromatic heterocycles. The third-order valence-electron chi connectivity index (χ3n) is 0.635. The SMILES string of the molecule is [B]C(=O)C([B])(C)C. The molecule has 1 nitrogen and oxygen atoms in total. The van der Waals surface area contributed by atoms with Crippen LogP contribution < -0.4 is 0 Å². The molecule has 0 fully saturated rings. The fraction of sp³-hybridized carbons (Fsp3) is 0.750. The maximum absolute atomic E-state index is 10.1. The Bertz CT molecular complexity index is 82.2. The highest BCUT2D eigenvalue weighted by Gasteiger charge is 2.13. The molecule has 0 saturated heterocycles. The first-order chi connectivity index (χ1) is 2.94. The van der Waals surface area contributed by atoms with E-state index in [9.17, 15) is 4.79 Å². The molecule has 0 saturated carbocycles. The van der Waals surface area contributed by atoms with Gasteiger partial charge in [-0.05, 0) is 5.31 Å². The van der Waals surface area contributed by atoms with Crippen LogP contribution in [0, 0.1) is 0 Å². The zero-order valence-electron chi connectivity index (χ0n) is 4.56. The van der Waals surface area contributed by atoms with Gasteiger partial charge < -0.3 is 4.79 Å². The van der Waals surface area contributed by atoms with Gasteiger partial charge in [0.05, 0.1) is 13.5 Å². The molecular formula is C4H6B2O. The van der Waals surface area contributed by atoms with E-state index >= 15 is 0 Å². The van der Waals surface area contributed by atoms with Gasteiger partial charge in [-0.15, -0.1) is 0 Å². The van der Waals surface area contributed by atoms with Gasteiger partial charge in [-0.1, -0.05) is 13.8 Å². The number of carbonyl (C=O) groups is 1. The summed E-state index contributed by atoms with van der Waals surface area (Å²) in [5.74, 6) is 0. The van der Waals surface area contributed by atoms with Gasteiger partial charge >= 0.3 is 0 Å². The van der Waals surface area contributed by atoms with Crippen molar-refractivity contribution in [1.29, 1.82) is 0 Å². The Morgan fingerprint density at radius 3 is 1.71 bits per heavy atom. The molecule has 0 aliphatic rings. The second-order valence-electron chi connectivity index (χ2n) is 2.09. The minimum Gasteiger partial charge on any atom is -0.313 e. The van der Waals surface area contributed by atoms with Crippen molar-refractivity contribution in [2.75, 3.05) is 0 Å². The van der Waals surface area contributed by atoms with Crippen LogP contribution in [-0.4, -0.2) is 21.4 Å². The van der Waals surface area contributed by atoms with Gasteiger partial charge in [0.1, 0.15) is 0 Å². The quantitative estimate of drug-likeness (QED) is 0.417. The second kappa shape index (κ2) is 1.73. The first-order valence-electron chi connectivity index (χ1n) is 2.03. The largest absolute Gasteiger partial charge is 0.313 e. The van der Waals surface area contributed by atoms with Crippen molar-refractivity contribution in [2.24, 2.45) is 0 Å². The maximum atomic E-state index is 10.1. The average Bonchev–Trinajstić information content (AvgIpc) is 1.31. The Kier molecular flexibility index (Phi) is 1.68. The summed E-state index contributed by atoms with van der Waals surface area (Å²) < 4.78 is 0. The molecule has 0 rings (SSSR count). The van der Waals surface area contributed by atoms with Gasteiger partial charge in [-0.25, -0.2) is 0 Å². The lowest BCUT2D eigenvalue weighted by Gasteiger charge is -2.12. The molecule has 0 heterocycles. The van der Waals surface area contributed by atoms with Crippen molar-refractivity contribution >= 4 is 21.4 Å². The maximum Gasteiger partial charge on any atom is 0.167 e. The van der Waals surface area contributed by atoms with E-state index in [4.69, 9.17) is 15.7 Å². The summed E-state index contributed by atoms with van der Waals surface area (Å²) in [6, 6.07) is 0. The highest BCUT2D eigenvalue weighted by molar-refractivity contribution is 6.64. The minimum atomic E-state index is -0.861. The van der Waals surface area contributed by atoms with Crippen LogP contribution in [0.5, 0.6) is 0 Å². The highest BCUT2D eigenvalue weighted by Crippen LogP contribution is 2.16. The normalized spacial score (nSPS) is 11.1. The van der Waals surface area contributed by atoms with Crippen LogP contribution >= 0.6 is 0 Å². The predicted molar refractivity (Wildman–Crippen MR) is 30.6 cm³/mol. The van der Waals surface area contributed by atoms with Crippen LogP contribution in [0.1, 0.15) is 13.8 Å². The van der Waals surface area contributed by atoms with Gasteiger partial charge in [-0.2, -0.15) is 0 Å². The van der Waals surface area contributed by atoms with Crippen molar-refractivity contribution in [2.45, 2.75) is 19.2 Å². The van der Waals surface area contributed by atoms with Gasteiger partial charge in [0.25, 0.3) is 0 Å². The molecule has 0 bridgehead atoms. The molecule has 0 aromatic rings. The lowest BCUT2D eigenvalue weighted by atomic mass is 9.63. The molecule has 0 amide bonds. The summed E-state index contributed by atoms with van der Waals surface area (Å²) in [7, 11) is 10.0. The van der Waals surface area contributed by atoms with E-state index in [1.807, 2.05) is 0 Å². The van der Waals surface area contributed by atoms with Crippen LogP contribution in [0.4, 0.5) is 0 Å². The molecule has 0 unspecified atom stereocenters. The van der Waals surface area contributed by atoms with Crippen molar-refractivity contribution in [3.05, 3.63) is 0 Å². The molecule has 0 N–H and O–H groups in total. The van der Waals surface area contributed by atoms with Crippen LogP contribution in [0.3, 0.4) is 0 Å². The minimum absolute atomic E-state index is 0.479. The van der Waals surface area contributed by atoms with Gasteiger partial charge in [-0.3, -0.25) is 0 Å². The van der Waals surface area contributed by atoms with E-state index in [2.05, 4.69) is 0 Å². The van der Waals surface area contributed by atoms with E-state index in [0.29, 0.717) is 0 Å². The molecule has 0 spiro atoms. The number of hydrogen-bond donors (Lipinski definition) is 0. The lowest BCUT2D eigenvalue weighted by molar-refractivity contribution is -0.113. The van der Waals surface area contributed by atoms with E-state index < -0.39 is 11.0 Å².